The summed E-state index contributed by atoms with van der Waals surface area (Å²) in [6.07, 6.45) is 0.830. The normalized spacial score (nSPS) is 27.1. The van der Waals surface area contributed by atoms with Gasteiger partial charge in [0, 0.05) is 12.6 Å². The zero-order valence-electron chi connectivity index (χ0n) is 10.9. The number of hydrogen-bond donors (Lipinski definition) is 2. The van der Waals surface area contributed by atoms with Crippen LogP contribution in [0.2, 0.25) is 0 Å². The van der Waals surface area contributed by atoms with Crippen LogP contribution in [0.1, 0.15) is 34.1 Å². The quantitative estimate of drug-likeness (QED) is 0.761. The van der Waals surface area contributed by atoms with Gasteiger partial charge in [-0.05, 0) is 33.1 Å². The van der Waals surface area contributed by atoms with Crippen molar-refractivity contribution in [1.82, 2.24) is 10.2 Å². The van der Waals surface area contributed by atoms with Gasteiger partial charge in [-0.2, -0.15) is 0 Å². The number of carboxylic acid groups (broad SMARTS) is 1. The lowest BCUT2D eigenvalue weighted by Gasteiger charge is -2.29. The minimum atomic E-state index is -0.834. The Morgan fingerprint density at radius 2 is 1.94 bits per heavy atom. The highest BCUT2D eigenvalue weighted by Gasteiger charge is 2.40. The third-order valence-corrected chi connectivity index (χ3v) is 3.30. The fraction of sp³-hybridized carbons (Fsp3) is 0.833. The van der Waals surface area contributed by atoms with Gasteiger partial charge in [0.15, 0.2) is 0 Å². The molecule has 0 radical (unpaired) electrons. The molecule has 98 valence electrons. The summed E-state index contributed by atoms with van der Waals surface area (Å²) in [6.45, 7) is 8.15. The number of likely N-dealkylation sites (tertiary alicyclic amines) is 1. The molecule has 5 nitrogen and oxygen atoms in total. The summed E-state index contributed by atoms with van der Waals surface area (Å²) in [5.41, 5.74) is 0. The van der Waals surface area contributed by atoms with Crippen molar-refractivity contribution in [2.24, 2.45) is 5.92 Å². The highest BCUT2D eigenvalue weighted by Crippen LogP contribution is 2.26. The van der Waals surface area contributed by atoms with Gasteiger partial charge in [0.1, 0.15) is 6.04 Å². The molecular weight excluding hydrogens is 220 g/mol. The number of carbonyl (C=O) groups excluding carboxylic acids is 1. The molecule has 1 fully saturated rings. The van der Waals surface area contributed by atoms with Crippen LogP contribution in [-0.2, 0) is 9.59 Å². The highest BCUT2D eigenvalue weighted by atomic mass is 16.4. The number of carbonyl (C=O) groups is 2. The Labute approximate surface area is 102 Å². The predicted octanol–water partition coefficient (Wildman–Crippen LogP) is 0.695. The molecule has 17 heavy (non-hydrogen) atoms. The molecule has 0 aromatic carbocycles. The molecule has 0 aromatic heterocycles. The number of aliphatic carboxylic acids is 1. The van der Waals surface area contributed by atoms with E-state index in [1.807, 2.05) is 20.8 Å². The lowest BCUT2D eigenvalue weighted by Crippen LogP contribution is -2.51. The van der Waals surface area contributed by atoms with Crippen LogP contribution >= 0.6 is 0 Å². The van der Waals surface area contributed by atoms with Crippen LogP contribution in [0, 0.1) is 5.92 Å². The summed E-state index contributed by atoms with van der Waals surface area (Å²) >= 11 is 0. The Hall–Kier alpha value is -1.10. The first kappa shape index (κ1) is 14.0. The number of nitrogens with zero attached hydrogens (tertiary/aromatic N) is 1. The van der Waals surface area contributed by atoms with Crippen molar-refractivity contribution in [3.8, 4) is 0 Å². The van der Waals surface area contributed by atoms with Gasteiger partial charge in [0.25, 0.3) is 0 Å². The molecule has 0 aromatic rings. The second-order valence-corrected chi connectivity index (χ2v) is 5.13. The molecule has 1 amide bonds. The number of nitrogens with one attached hydrogen (secondary N) is 1. The molecule has 3 unspecified atom stereocenters. The lowest BCUT2D eigenvalue weighted by atomic mass is 10.0. The predicted molar refractivity (Wildman–Crippen MR) is 64.7 cm³/mol. The van der Waals surface area contributed by atoms with Crippen molar-refractivity contribution in [1.29, 1.82) is 0 Å². The zero-order chi connectivity index (χ0) is 13.2. The number of rotatable bonds is 4. The molecule has 1 aliphatic rings. The second-order valence-electron chi connectivity index (χ2n) is 5.13. The lowest BCUT2D eigenvalue weighted by molar-refractivity contribution is -0.145. The largest absolute Gasteiger partial charge is 0.480 e. The van der Waals surface area contributed by atoms with Gasteiger partial charge < -0.3 is 10.4 Å². The van der Waals surface area contributed by atoms with Gasteiger partial charge in [0.2, 0.25) is 5.91 Å². The maximum atomic E-state index is 11.9. The molecule has 1 aliphatic heterocycles. The van der Waals surface area contributed by atoms with Crippen molar-refractivity contribution >= 4 is 11.9 Å². The molecule has 0 saturated carbocycles. The molecule has 0 bridgehead atoms. The highest BCUT2D eigenvalue weighted by molar-refractivity contribution is 5.83. The number of amides is 1. The van der Waals surface area contributed by atoms with Crippen LogP contribution in [-0.4, -0.2) is 46.6 Å². The van der Waals surface area contributed by atoms with Crippen molar-refractivity contribution in [2.75, 3.05) is 6.54 Å². The SMILES string of the molecule is CC(C)NC(=O)C(C)N1CCC(C)C1C(=O)O. The maximum absolute atomic E-state index is 11.9. The fourth-order valence-corrected chi connectivity index (χ4v) is 2.35. The first-order valence-electron chi connectivity index (χ1n) is 6.13. The summed E-state index contributed by atoms with van der Waals surface area (Å²) in [7, 11) is 0. The summed E-state index contributed by atoms with van der Waals surface area (Å²) in [4.78, 5) is 24.9. The average molecular weight is 242 g/mol. The summed E-state index contributed by atoms with van der Waals surface area (Å²) in [5, 5.41) is 12.0. The van der Waals surface area contributed by atoms with Crippen LogP contribution < -0.4 is 5.32 Å². The third kappa shape index (κ3) is 3.19. The Balaban J connectivity index is 2.71. The Kier molecular flexibility index (Phi) is 4.51. The Morgan fingerprint density at radius 3 is 2.41 bits per heavy atom. The van der Waals surface area contributed by atoms with E-state index in [-0.39, 0.29) is 23.9 Å². The van der Waals surface area contributed by atoms with E-state index in [0.717, 1.165) is 6.42 Å². The van der Waals surface area contributed by atoms with Gasteiger partial charge in [-0.15, -0.1) is 0 Å². The smallest absolute Gasteiger partial charge is 0.321 e. The first-order valence-corrected chi connectivity index (χ1v) is 6.13. The molecule has 1 saturated heterocycles. The summed E-state index contributed by atoms with van der Waals surface area (Å²) < 4.78 is 0. The zero-order valence-corrected chi connectivity index (χ0v) is 10.9. The fourth-order valence-electron chi connectivity index (χ4n) is 2.35. The van der Waals surface area contributed by atoms with Crippen molar-refractivity contribution in [3.05, 3.63) is 0 Å². The van der Waals surface area contributed by atoms with Crippen molar-refractivity contribution < 1.29 is 14.7 Å². The molecule has 1 heterocycles. The molecule has 0 spiro atoms. The van der Waals surface area contributed by atoms with E-state index in [1.54, 1.807) is 11.8 Å². The molecule has 2 N–H and O–H groups in total. The van der Waals surface area contributed by atoms with Gasteiger partial charge in [-0.3, -0.25) is 14.5 Å². The summed E-state index contributed by atoms with van der Waals surface area (Å²) in [5.74, 6) is -0.832. The molecule has 1 rings (SSSR count). The van der Waals surface area contributed by atoms with E-state index in [4.69, 9.17) is 0 Å². The van der Waals surface area contributed by atoms with Crippen LogP contribution in [0.3, 0.4) is 0 Å². The van der Waals surface area contributed by atoms with E-state index >= 15 is 0 Å². The number of hydrogen-bond acceptors (Lipinski definition) is 3. The van der Waals surface area contributed by atoms with Gasteiger partial charge in [-0.25, -0.2) is 0 Å². The molecule has 3 atom stereocenters. The molecule has 0 aliphatic carbocycles. The van der Waals surface area contributed by atoms with Gasteiger partial charge in [-0.1, -0.05) is 6.92 Å². The van der Waals surface area contributed by atoms with Gasteiger partial charge >= 0.3 is 5.97 Å². The Morgan fingerprint density at radius 1 is 1.35 bits per heavy atom. The maximum Gasteiger partial charge on any atom is 0.321 e. The van der Waals surface area contributed by atoms with E-state index in [0.29, 0.717) is 6.54 Å². The van der Waals surface area contributed by atoms with Crippen molar-refractivity contribution in [3.63, 3.8) is 0 Å². The third-order valence-electron chi connectivity index (χ3n) is 3.30. The molecular formula is C12H22N2O3. The number of carboxylic acids is 1. The molecule has 5 heteroatoms. The van der Waals surface area contributed by atoms with Crippen LogP contribution in [0.4, 0.5) is 0 Å². The average Bonchev–Trinajstić information content (AvgIpc) is 2.57. The van der Waals surface area contributed by atoms with Crippen LogP contribution in [0.15, 0.2) is 0 Å². The van der Waals surface area contributed by atoms with E-state index < -0.39 is 12.0 Å². The van der Waals surface area contributed by atoms with E-state index in [1.165, 1.54) is 0 Å². The first-order chi connectivity index (χ1) is 7.84. The van der Waals surface area contributed by atoms with Crippen LogP contribution in [0.25, 0.3) is 0 Å². The van der Waals surface area contributed by atoms with Crippen molar-refractivity contribution in [2.45, 2.75) is 52.2 Å². The second kappa shape index (κ2) is 5.49. The van der Waals surface area contributed by atoms with Crippen LogP contribution in [0.5, 0.6) is 0 Å². The monoisotopic (exact) mass is 242 g/mol. The minimum absolute atomic E-state index is 0.0771. The minimum Gasteiger partial charge on any atom is -0.480 e. The topological polar surface area (TPSA) is 69.6 Å². The summed E-state index contributed by atoms with van der Waals surface area (Å²) in [6, 6.07) is -0.848. The standard InChI is InChI=1S/C12H22N2O3/c1-7(2)13-11(15)9(4)14-6-5-8(3)10(14)12(16)17/h7-10H,5-6H2,1-4H3,(H,13,15)(H,16,17). The van der Waals surface area contributed by atoms with E-state index in [9.17, 15) is 14.7 Å². The Bertz CT molecular complexity index is 304. The van der Waals surface area contributed by atoms with E-state index in [2.05, 4.69) is 5.32 Å². The van der Waals surface area contributed by atoms with Gasteiger partial charge in [0.05, 0.1) is 6.04 Å².